The van der Waals surface area contributed by atoms with Gasteiger partial charge in [0.2, 0.25) is 5.91 Å². The quantitative estimate of drug-likeness (QED) is 0.622. The van der Waals surface area contributed by atoms with Crippen LogP contribution in [-0.4, -0.2) is 22.3 Å². The molecule has 3 aromatic carbocycles. The van der Waals surface area contributed by atoms with E-state index in [0.29, 0.717) is 30.1 Å². The molecule has 1 aliphatic rings. The molecule has 31 heavy (non-hydrogen) atoms. The Balaban J connectivity index is 1.64. The summed E-state index contributed by atoms with van der Waals surface area (Å²) < 4.78 is 0. The van der Waals surface area contributed by atoms with Gasteiger partial charge in [-0.1, -0.05) is 71.8 Å². The Morgan fingerprint density at radius 2 is 1.77 bits per heavy atom. The number of nitrogens with zero attached hydrogens (tertiary/aromatic N) is 1. The molecular weight excluding hydrogens is 408 g/mol. The normalized spacial score (nSPS) is 17.9. The van der Waals surface area contributed by atoms with Crippen LogP contribution in [0.4, 0.5) is 0 Å². The van der Waals surface area contributed by atoms with Crippen molar-refractivity contribution >= 4 is 23.4 Å². The fraction of sp³-hybridized carbons (Fsp3) is 0.231. The van der Waals surface area contributed by atoms with Gasteiger partial charge in [0.1, 0.15) is 5.54 Å². The maximum atomic E-state index is 13.5. The molecule has 0 aromatic heterocycles. The van der Waals surface area contributed by atoms with Crippen molar-refractivity contribution in [3.8, 4) is 0 Å². The Hall–Kier alpha value is -3.11. The predicted octanol–water partition coefficient (Wildman–Crippen LogP) is 4.92. The average molecular weight is 433 g/mol. The lowest BCUT2D eigenvalue weighted by Crippen LogP contribution is -2.62. The van der Waals surface area contributed by atoms with Crippen molar-refractivity contribution in [3.63, 3.8) is 0 Å². The number of rotatable bonds is 5. The summed E-state index contributed by atoms with van der Waals surface area (Å²) in [6, 6.07) is 23.0. The van der Waals surface area contributed by atoms with Gasteiger partial charge < -0.3 is 10.2 Å². The lowest BCUT2D eigenvalue weighted by Gasteiger charge is -2.44. The molecule has 4 nitrogen and oxygen atoms in total. The van der Waals surface area contributed by atoms with Crippen LogP contribution < -0.4 is 5.32 Å². The summed E-state index contributed by atoms with van der Waals surface area (Å²) in [6.07, 6.45) is 0.454. The summed E-state index contributed by atoms with van der Waals surface area (Å²) in [6.45, 7) is 4.59. The fourth-order valence-electron chi connectivity index (χ4n) is 4.06. The molecule has 0 saturated heterocycles. The summed E-state index contributed by atoms with van der Waals surface area (Å²) in [7, 11) is 0. The zero-order chi connectivity index (χ0) is 22.0. The van der Waals surface area contributed by atoms with Gasteiger partial charge in [0, 0.05) is 30.1 Å². The first-order valence-corrected chi connectivity index (χ1v) is 10.7. The molecule has 0 bridgehead atoms. The number of nitrogens with one attached hydrogen (secondary N) is 1. The van der Waals surface area contributed by atoms with Gasteiger partial charge in [-0.15, -0.1) is 0 Å². The Morgan fingerprint density at radius 3 is 2.52 bits per heavy atom. The van der Waals surface area contributed by atoms with E-state index in [1.54, 1.807) is 11.0 Å². The molecule has 0 saturated carbocycles. The molecule has 0 fully saturated rings. The van der Waals surface area contributed by atoms with Crippen LogP contribution in [-0.2, 0) is 24.3 Å². The van der Waals surface area contributed by atoms with Gasteiger partial charge in [-0.05, 0) is 48.7 Å². The number of carbonyl (C=O) groups excluding carboxylic acids is 2. The molecule has 1 atom stereocenters. The highest BCUT2D eigenvalue weighted by atomic mass is 35.5. The van der Waals surface area contributed by atoms with Gasteiger partial charge in [0.05, 0.1) is 0 Å². The lowest BCUT2D eigenvalue weighted by molar-refractivity contribution is -0.132. The van der Waals surface area contributed by atoms with Crippen LogP contribution in [0.25, 0.3) is 0 Å². The number of fused-ring (bicyclic) bond motifs is 1. The van der Waals surface area contributed by atoms with Gasteiger partial charge in [-0.25, -0.2) is 0 Å². The van der Waals surface area contributed by atoms with E-state index in [4.69, 9.17) is 11.6 Å². The molecular formula is C26H25ClN2O2. The van der Waals surface area contributed by atoms with Crippen LogP contribution in [0.3, 0.4) is 0 Å². The number of hydrogen-bond donors (Lipinski definition) is 1. The topological polar surface area (TPSA) is 49.4 Å². The zero-order valence-corrected chi connectivity index (χ0v) is 18.4. The SMILES string of the molecule is Cc1ccc(CNC(=O)[C@]2(C)Cc3ccccc3C(=O)N2Cc2cccc(Cl)c2)cc1. The molecule has 4 rings (SSSR count). The van der Waals surface area contributed by atoms with Crippen LogP contribution in [0.2, 0.25) is 5.02 Å². The molecule has 0 radical (unpaired) electrons. The molecule has 2 amide bonds. The standard InChI is InChI=1S/C26H25ClN2O2/c1-18-10-12-19(13-11-18)16-28-25(31)26(2)15-21-7-3-4-9-23(21)24(30)29(26)17-20-6-5-8-22(27)14-20/h3-14H,15-17H2,1-2H3,(H,28,31)/t26-/m0/s1. The Labute approximate surface area is 187 Å². The van der Waals surface area contributed by atoms with Gasteiger partial charge in [-0.3, -0.25) is 9.59 Å². The molecule has 158 valence electrons. The van der Waals surface area contributed by atoms with Crippen molar-refractivity contribution in [3.05, 3.63) is 106 Å². The van der Waals surface area contributed by atoms with Crippen molar-refractivity contribution in [2.24, 2.45) is 0 Å². The Morgan fingerprint density at radius 1 is 1.03 bits per heavy atom. The van der Waals surface area contributed by atoms with Gasteiger partial charge >= 0.3 is 0 Å². The molecule has 3 aromatic rings. The zero-order valence-electron chi connectivity index (χ0n) is 17.7. The molecule has 1 heterocycles. The maximum Gasteiger partial charge on any atom is 0.255 e. The van der Waals surface area contributed by atoms with E-state index in [1.807, 2.05) is 80.6 Å². The molecule has 5 heteroatoms. The van der Waals surface area contributed by atoms with Crippen LogP contribution in [0.5, 0.6) is 0 Å². The highest BCUT2D eigenvalue weighted by Crippen LogP contribution is 2.33. The molecule has 0 spiro atoms. The summed E-state index contributed by atoms with van der Waals surface area (Å²) in [4.78, 5) is 28.6. The van der Waals surface area contributed by atoms with Gasteiger partial charge in [-0.2, -0.15) is 0 Å². The Bertz CT molecular complexity index is 1130. The second-order valence-corrected chi connectivity index (χ2v) is 8.73. The molecule has 1 aliphatic heterocycles. The van der Waals surface area contributed by atoms with Crippen LogP contribution in [0.15, 0.2) is 72.8 Å². The molecule has 0 aliphatic carbocycles. The van der Waals surface area contributed by atoms with Crippen LogP contribution in [0.1, 0.15) is 39.5 Å². The number of benzene rings is 3. The first-order chi connectivity index (χ1) is 14.9. The number of amides is 2. The minimum Gasteiger partial charge on any atom is -0.350 e. The Kier molecular flexibility index (Phi) is 5.84. The predicted molar refractivity (Wildman–Crippen MR) is 123 cm³/mol. The van der Waals surface area contributed by atoms with E-state index in [9.17, 15) is 9.59 Å². The third kappa shape index (κ3) is 4.35. The third-order valence-electron chi connectivity index (χ3n) is 5.92. The van der Waals surface area contributed by atoms with Crippen molar-refractivity contribution in [2.75, 3.05) is 0 Å². The smallest absolute Gasteiger partial charge is 0.255 e. The molecule has 0 unspecified atom stereocenters. The van der Waals surface area contributed by atoms with Crippen LogP contribution in [0, 0.1) is 6.92 Å². The van der Waals surface area contributed by atoms with Crippen molar-refractivity contribution < 1.29 is 9.59 Å². The van der Waals surface area contributed by atoms with Crippen molar-refractivity contribution in [2.45, 2.75) is 38.9 Å². The van der Waals surface area contributed by atoms with Gasteiger partial charge in [0.25, 0.3) is 5.91 Å². The van der Waals surface area contributed by atoms with E-state index in [1.165, 1.54) is 5.56 Å². The first kappa shape index (κ1) is 21.1. The summed E-state index contributed by atoms with van der Waals surface area (Å²) in [5, 5.41) is 3.65. The average Bonchev–Trinajstić information content (AvgIpc) is 2.76. The monoisotopic (exact) mass is 432 g/mol. The number of aryl methyl sites for hydroxylation is 1. The highest BCUT2D eigenvalue weighted by molar-refractivity contribution is 6.30. The summed E-state index contributed by atoms with van der Waals surface area (Å²) in [5.74, 6) is -0.312. The number of hydrogen-bond acceptors (Lipinski definition) is 2. The second-order valence-electron chi connectivity index (χ2n) is 8.30. The highest BCUT2D eigenvalue weighted by Gasteiger charge is 2.46. The largest absolute Gasteiger partial charge is 0.350 e. The summed E-state index contributed by atoms with van der Waals surface area (Å²) >= 11 is 6.16. The first-order valence-electron chi connectivity index (χ1n) is 10.3. The van der Waals surface area contributed by atoms with Crippen LogP contribution >= 0.6 is 11.6 Å². The van der Waals surface area contributed by atoms with Crippen molar-refractivity contribution in [1.29, 1.82) is 0 Å². The second kappa shape index (κ2) is 8.56. The minimum atomic E-state index is -1.02. The number of halogens is 1. The van der Waals surface area contributed by atoms with E-state index in [-0.39, 0.29) is 11.8 Å². The number of carbonyl (C=O) groups is 2. The summed E-state index contributed by atoms with van der Waals surface area (Å²) in [5.41, 5.74) is 3.60. The van der Waals surface area contributed by atoms with Crippen molar-refractivity contribution in [1.82, 2.24) is 10.2 Å². The van der Waals surface area contributed by atoms with E-state index in [2.05, 4.69) is 5.32 Å². The third-order valence-corrected chi connectivity index (χ3v) is 6.15. The van der Waals surface area contributed by atoms with E-state index >= 15 is 0 Å². The lowest BCUT2D eigenvalue weighted by atomic mass is 9.82. The molecule has 1 N–H and O–H groups in total. The van der Waals surface area contributed by atoms with E-state index < -0.39 is 5.54 Å². The van der Waals surface area contributed by atoms with Gasteiger partial charge in [0.15, 0.2) is 0 Å². The fourth-order valence-corrected chi connectivity index (χ4v) is 4.28. The van der Waals surface area contributed by atoms with E-state index in [0.717, 1.165) is 16.7 Å². The maximum absolute atomic E-state index is 13.5. The minimum absolute atomic E-state index is 0.144.